The molecule has 1 heterocycles. The van der Waals surface area contributed by atoms with Gasteiger partial charge in [-0.05, 0) is 49.5 Å². The van der Waals surface area contributed by atoms with Gasteiger partial charge in [-0.3, -0.25) is 0 Å². The van der Waals surface area contributed by atoms with Gasteiger partial charge in [0.25, 0.3) is 0 Å². The summed E-state index contributed by atoms with van der Waals surface area (Å²) in [4.78, 5) is 0. The highest BCUT2D eigenvalue weighted by molar-refractivity contribution is 5.18. The first-order valence-corrected chi connectivity index (χ1v) is 4.90. The average molecular weight is 197 g/mol. The molecule has 1 N–H and O–H groups in total. The summed E-state index contributed by atoms with van der Waals surface area (Å²) in [6, 6.07) is 3.75. The van der Waals surface area contributed by atoms with Crippen molar-refractivity contribution >= 4 is 0 Å². The molecule has 1 aliphatic heterocycles. The normalized spacial score (nSPS) is 21.4. The number of rotatable bonds is 2. The van der Waals surface area contributed by atoms with Crippen molar-refractivity contribution < 1.29 is 8.78 Å². The fraction of sp³-hybridized carbons (Fsp3) is 0.455. The lowest BCUT2D eigenvalue weighted by Crippen LogP contribution is -2.10. The molecular formula is C11H13F2N. The Morgan fingerprint density at radius 3 is 2.50 bits per heavy atom. The maximum Gasteiger partial charge on any atom is 0.126 e. The van der Waals surface area contributed by atoms with Crippen molar-refractivity contribution in [2.24, 2.45) is 5.92 Å². The van der Waals surface area contributed by atoms with Crippen LogP contribution in [0.2, 0.25) is 0 Å². The van der Waals surface area contributed by atoms with E-state index in [0.29, 0.717) is 5.92 Å². The van der Waals surface area contributed by atoms with Gasteiger partial charge >= 0.3 is 0 Å². The summed E-state index contributed by atoms with van der Waals surface area (Å²) >= 11 is 0. The van der Waals surface area contributed by atoms with Crippen molar-refractivity contribution in [1.82, 2.24) is 5.32 Å². The molecule has 3 heteroatoms. The molecule has 0 aliphatic carbocycles. The minimum Gasteiger partial charge on any atom is -0.316 e. The lowest BCUT2D eigenvalue weighted by Gasteiger charge is -2.08. The van der Waals surface area contributed by atoms with Crippen LogP contribution in [-0.2, 0) is 6.42 Å². The Morgan fingerprint density at radius 2 is 1.93 bits per heavy atom. The first kappa shape index (κ1) is 9.59. The molecule has 0 spiro atoms. The summed E-state index contributed by atoms with van der Waals surface area (Å²) in [6.07, 6.45) is 1.86. The molecule has 1 fully saturated rings. The molecular weight excluding hydrogens is 184 g/mol. The van der Waals surface area contributed by atoms with Crippen LogP contribution in [0.3, 0.4) is 0 Å². The second-order valence-corrected chi connectivity index (χ2v) is 3.84. The molecule has 1 aliphatic rings. The van der Waals surface area contributed by atoms with Crippen molar-refractivity contribution in [3.63, 3.8) is 0 Å². The largest absolute Gasteiger partial charge is 0.316 e. The van der Waals surface area contributed by atoms with E-state index in [-0.39, 0.29) is 0 Å². The Bertz CT molecular complexity index is 299. The number of hydrogen-bond donors (Lipinski definition) is 1. The fourth-order valence-corrected chi connectivity index (χ4v) is 1.95. The zero-order valence-electron chi connectivity index (χ0n) is 7.89. The van der Waals surface area contributed by atoms with Gasteiger partial charge in [0.1, 0.15) is 11.6 Å². The van der Waals surface area contributed by atoms with E-state index in [1.54, 1.807) is 0 Å². The number of hydrogen-bond acceptors (Lipinski definition) is 1. The Balaban J connectivity index is 2.07. The van der Waals surface area contributed by atoms with Crippen LogP contribution in [0.5, 0.6) is 0 Å². The Kier molecular flexibility index (Phi) is 2.77. The first-order valence-electron chi connectivity index (χ1n) is 4.90. The predicted molar refractivity (Wildman–Crippen MR) is 51.0 cm³/mol. The minimum atomic E-state index is -0.481. The van der Waals surface area contributed by atoms with E-state index in [0.717, 1.165) is 37.6 Å². The fourth-order valence-electron chi connectivity index (χ4n) is 1.95. The molecule has 1 aromatic rings. The van der Waals surface area contributed by atoms with E-state index in [4.69, 9.17) is 0 Å². The van der Waals surface area contributed by atoms with Gasteiger partial charge in [0.05, 0.1) is 0 Å². The Labute approximate surface area is 82.1 Å². The Hall–Kier alpha value is -0.960. The van der Waals surface area contributed by atoms with Crippen LogP contribution in [-0.4, -0.2) is 13.1 Å². The van der Waals surface area contributed by atoms with Crippen molar-refractivity contribution in [1.29, 1.82) is 0 Å². The molecule has 1 atom stereocenters. The van der Waals surface area contributed by atoms with Gasteiger partial charge in [-0.25, -0.2) is 8.78 Å². The molecule has 2 rings (SSSR count). The van der Waals surface area contributed by atoms with Crippen LogP contribution in [0.15, 0.2) is 18.2 Å². The summed E-state index contributed by atoms with van der Waals surface area (Å²) < 4.78 is 25.7. The first-order chi connectivity index (χ1) is 6.74. The van der Waals surface area contributed by atoms with E-state index >= 15 is 0 Å². The van der Waals surface area contributed by atoms with Gasteiger partial charge in [-0.15, -0.1) is 0 Å². The molecule has 0 radical (unpaired) electrons. The molecule has 1 aromatic carbocycles. The molecule has 0 bridgehead atoms. The molecule has 14 heavy (non-hydrogen) atoms. The van der Waals surface area contributed by atoms with Crippen LogP contribution >= 0.6 is 0 Å². The highest BCUT2D eigenvalue weighted by atomic mass is 19.1. The van der Waals surface area contributed by atoms with Gasteiger partial charge < -0.3 is 5.32 Å². The highest BCUT2D eigenvalue weighted by Crippen LogP contribution is 2.16. The van der Waals surface area contributed by atoms with Crippen LogP contribution in [0.25, 0.3) is 0 Å². The summed E-state index contributed by atoms with van der Waals surface area (Å²) in [7, 11) is 0. The van der Waals surface area contributed by atoms with Crippen molar-refractivity contribution in [3.8, 4) is 0 Å². The lowest BCUT2D eigenvalue weighted by atomic mass is 9.99. The molecule has 0 saturated carbocycles. The maximum absolute atomic E-state index is 12.8. The standard InChI is InChI=1S/C11H13F2N/c12-10-4-9(5-11(13)6-10)3-8-1-2-14-7-8/h4-6,8,14H,1-3,7H2/t8-/m1/s1. The second kappa shape index (κ2) is 4.05. The quantitative estimate of drug-likeness (QED) is 0.765. The third-order valence-electron chi connectivity index (χ3n) is 2.61. The SMILES string of the molecule is Fc1cc(F)cc(C[C@H]2CCNC2)c1. The summed E-state index contributed by atoms with van der Waals surface area (Å²) in [5.74, 6) is -0.437. The third-order valence-corrected chi connectivity index (χ3v) is 2.61. The Morgan fingerprint density at radius 1 is 1.21 bits per heavy atom. The summed E-state index contributed by atoms with van der Waals surface area (Å²) in [5, 5.41) is 3.23. The average Bonchev–Trinajstić information content (AvgIpc) is 2.54. The van der Waals surface area contributed by atoms with Gasteiger partial charge in [0.15, 0.2) is 0 Å². The van der Waals surface area contributed by atoms with E-state index < -0.39 is 11.6 Å². The van der Waals surface area contributed by atoms with Crippen LogP contribution in [0.4, 0.5) is 8.78 Å². The van der Waals surface area contributed by atoms with Gasteiger partial charge in [0, 0.05) is 6.07 Å². The monoisotopic (exact) mass is 197 g/mol. The highest BCUT2D eigenvalue weighted by Gasteiger charge is 2.15. The van der Waals surface area contributed by atoms with Crippen molar-refractivity contribution in [3.05, 3.63) is 35.4 Å². The molecule has 0 unspecified atom stereocenters. The van der Waals surface area contributed by atoms with Crippen molar-refractivity contribution in [2.45, 2.75) is 12.8 Å². The maximum atomic E-state index is 12.8. The summed E-state index contributed by atoms with van der Waals surface area (Å²) in [5.41, 5.74) is 0.760. The number of nitrogens with one attached hydrogen (secondary N) is 1. The van der Waals surface area contributed by atoms with E-state index in [1.165, 1.54) is 12.1 Å². The molecule has 76 valence electrons. The van der Waals surface area contributed by atoms with Crippen LogP contribution in [0, 0.1) is 17.6 Å². The van der Waals surface area contributed by atoms with Gasteiger partial charge in [0.2, 0.25) is 0 Å². The molecule has 1 nitrogen and oxygen atoms in total. The van der Waals surface area contributed by atoms with E-state index in [2.05, 4.69) is 5.32 Å². The van der Waals surface area contributed by atoms with E-state index in [9.17, 15) is 8.78 Å². The lowest BCUT2D eigenvalue weighted by molar-refractivity contribution is 0.555. The second-order valence-electron chi connectivity index (χ2n) is 3.84. The molecule has 0 amide bonds. The number of benzene rings is 1. The van der Waals surface area contributed by atoms with Crippen LogP contribution in [0.1, 0.15) is 12.0 Å². The topological polar surface area (TPSA) is 12.0 Å². The van der Waals surface area contributed by atoms with Gasteiger partial charge in [-0.2, -0.15) is 0 Å². The van der Waals surface area contributed by atoms with Crippen LogP contribution < -0.4 is 5.32 Å². The smallest absolute Gasteiger partial charge is 0.126 e. The van der Waals surface area contributed by atoms with E-state index in [1.807, 2.05) is 0 Å². The zero-order chi connectivity index (χ0) is 9.97. The zero-order valence-corrected chi connectivity index (χ0v) is 7.89. The summed E-state index contributed by atoms with van der Waals surface area (Å²) in [6.45, 7) is 1.97. The third kappa shape index (κ3) is 2.29. The molecule has 1 saturated heterocycles. The minimum absolute atomic E-state index is 0.481. The molecule has 0 aromatic heterocycles. The van der Waals surface area contributed by atoms with Gasteiger partial charge in [-0.1, -0.05) is 0 Å². The van der Waals surface area contributed by atoms with Crippen molar-refractivity contribution in [2.75, 3.05) is 13.1 Å². The predicted octanol–water partition coefficient (Wildman–Crippen LogP) is 2.12. The number of halogens is 2.